The van der Waals surface area contributed by atoms with E-state index in [9.17, 15) is 9.59 Å². The zero-order chi connectivity index (χ0) is 17.8. The summed E-state index contributed by atoms with van der Waals surface area (Å²) < 4.78 is 5.47. The molecule has 0 spiro atoms. The average molecular weight is 359 g/mol. The maximum Gasteiger partial charge on any atom is 0.348 e. The Hall–Kier alpha value is -1.75. The molecule has 1 aromatic carbocycles. The fraction of sp³-hybridized carbons (Fsp3) is 0.500. The summed E-state index contributed by atoms with van der Waals surface area (Å²) >= 11 is 1.30. The van der Waals surface area contributed by atoms with Gasteiger partial charge < -0.3 is 9.32 Å². The number of carbonyl (C=O) groups is 1. The van der Waals surface area contributed by atoms with E-state index in [4.69, 9.17) is 4.42 Å². The van der Waals surface area contributed by atoms with E-state index in [1.54, 1.807) is 6.07 Å². The van der Waals surface area contributed by atoms with Crippen molar-refractivity contribution < 1.29 is 9.21 Å². The molecule has 1 aliphatic carbocycles. The summed E-state index contributed by atoms with van der Waals surface area (Å²) in [5, 5.41) is 0.972. The van der Waals surface area contributed by atoms with E-state index in [1.807, 2.05) is 18.2 Å². The molecular formula is C20H25NO3S. The fourth-order valence-electron chi connectivity index (χ4n) is 3.43. The van der Waals surface area contributed by atoms with Gasteiger partial charge in [-0.15, -0.1) is 0 Å². The summed E-state index contributed by atoms with van der Waals surface area (Å²) in [6.07, 6.45) is 5.71. The molecule has 5 heteroatoms. The van der Waals surface area contributed by atoms with Crippen LogP contribution in [0, 0.1) is 0 Å². The van der Waals surface area contributed by atoms with E-state index in [0.29, 0.717) is 10.8 Å². The van der Waals surface area contributed by atoms with Gasteiger partial charge in [-0.25, -0.2) is 4.79 Å². The third-order valence-electron chi connectivity index (χ3n) is 4.89. The molecule has 0 N–H and O–H groups in total. The Morgan fingerprint density at radius 3 is 2.56 bits per heavy atom. The lowest BCUT2D eigenvalue weighted by atomic mass is 10.0. The number of fused-ring (bicyclic) bond motifs is 1. The molecule has 134 valence electrons. The zero-order valence-corrected chi connectivity index (χ0v) is 15.7. The van der Waals surface area contributed by atoms with Crippen molar-refractivity contribution in [1.29, 1.82) is 0 Å². The molecule has 0 bridgehead atoms. The maximum atomic E-state index is 12.5. The van der Waals surface area contributed by atoms with Crippen LogP contribution < -0.4 is 10.5 Å². The van der Waals surface area contributed by atoms with Crippen molar-refractivity contribution in [2.24, 2.45) is 0 Å². The normalized spacial score (nSPS) is 15.4. The first-order valence-corrected chi connectivity index (χ1v) is 10.0. The highest BCUT2D eigenvalue weighted by atomic mass is 32.2. The minimum Gasteiger partial charge on any atom is -0.422 e. The molecule has 1 aromatic heterocycles. The van der Waals surface area contributed by atoms with E-state index >= 15 is 0 Å². The Balaban J connectivity index is 1.87. The monoisotopic (exact) mass is 359 g/mol. The van der Waals surface area contributed by atoms with E-state index in [1.165, 1.54) is 31.0 Å². The van der Waals surface area contributed by atoms with E-state index < -0.39 is 5.63 Å². The molecule has 25 heavy (non-hydrogen) atoms. The molecule has 1 saturated carbocycles. The summed E-state index contributed by atoms with van der Waals surface area (Å²) in [6, 6.07) is 7.50. The minimum absolute atomic E-state index is 0.157. The number of anilines is 1. The molecule has 0 aliphatic heterocycles. The summed E-state index contributed by atoms with van der Waals surface area (Å²) in [4.78, 5) is 27.1. The molecule has 1 fully saturated rings. The summed E-state index contributed by atoms with van der Waals surface area (Å²) in [7, 11) is 0. The maximum absolute atomic E-state index is 12.5. The summed E-state index contributed by atoms with van der Waals surface area (Å²) in [5.74, 6) is 0. The summed E-state index contributed by atoms with van der Waals surface area (Å²) in [6.45, 7) is 5.96. The van der Waals surface area contributed by atoms with Gasteiger partial charge in [0, 0.05) is 35.5 Å². The van der Waals surface area contributed by atoms with Crippen LogP contribution in [0.3, 0.4) is 0 Å². The Bertz CT molecular complexity index is 804. The van der Waals surface area contributed by atoms with Crippen molar-refractivity contribution in [2.45, 2.75) is 51.2 Å². The molecule has 2 aromatic rings. The highest BCUT2D eigenvalue weighted by Gasteiger charge is 2.21. The summed E-state index contributed by atoms with van der Waals surface area (Å²) in [5.41, 5.74) is 1.20. The number of benzene rings is 1. The second-order valence-electron chi connectivity index (χ2n) is 6.51. The molecule has 0 radical (unpaired) electrons. The molecule has 4 nitrogen and oxygen atoms in total. The molecule has 0 unspecified atom stereocenters. The molecule has 3 rings (SSSR count). The predicted molar refractivity (Wildman–Crippen MR) is 105 cm³/mol. The van der Waals surface area contributed by atoms with E-state index in [0.717, 1.165) is 37.0 Å². The van der Waals surface area contributed by atoms with Crippen molar-refractivity contribution in [3.8, 4) is 0 Å². The van der Waals surface area contributed by atoms with Gasteiger partial charge in [0.25, 0.3) is 0 Å². The Labute approximate surface area is 152 Å². The van der Waals surface area contributed by atoms with E-state index in [2.05, 4.69) is 18.7 Å². The van der Waals surface area contributed by atoms with Crippen LogP contribution >= 0.6 is 11.8 Å². The van der Waals surface area contributed by atoms with E-state index in [-0.39, 0.29) is 10.7 Å². The highest BCUT2D eigenvalue weighted by molar-refractivity contribution is 8.14. The van der Waals surface area contributed by atoms with Gasteiger partial charge in [-0.1, -0.05) is 31.0 Å². The second kappa shape index (κ2) is 8.09. The van der Waals surface area contributed by atoms with Gasteiger partial charge in [0.05, 0.1) is 0 Å². The Kier molecular flexibility index (Phi) is 5.84. The fourth-order valence-corrected chi connectivity index (χ4v) is 4.57. The van der Waals surface area contributed by atoms with Gasteiger partial charge in [-0.05, 0) is 44.9 Å². The number of hydrogen-bond donors (Lipinski definition) is 0. The molecule has 0 amide bonds. The SMILES string of the molecule is CCN(CC)c1ccc2cc(C(=O)SC3CCCCC3)c(=O)oc2c1. The van der Waals surface area contributed by atoms with Crippen molar-refractivity contribution in [3.63, 3.8) is 0 Å². The van der Waals surface area contributed by atoms with Gasteiger partial charge in [0.2, 0.25) is 5.12 Å². The van der Waals surface area contributed by atoms with Crippen molar-refractivity contribution in [3.05, 3.63) is 40.2 Å². The number of thioether (sulfide) groups is 1. The molecule has 1 heterocycles. The van der Waals surface area contributed by atoms with Crippen LogP contribution in [-0.2, 0) is 0 Å². The van der Waals surface area contributed by atoms with Crippen LogP contribution in [0.15, 0.2) is 33.5 Å². The molecule has 1 aliphatic rings. The van der Waals surface area contributed by atoms with Crippen LogP contribution in [0.4, 0.5) is 5.69 Å². The van der Waals surface area contributed by atoms with Crippen LogP contribution in [-0.4, -0.2) is 23.5 Å². The second-order valence-corrected chi connectivity index (χ2v) is 7.78. The first-order valence-electron chi connectivity index (χ1n) is 9.16. The Morgan fingerprint density at radius 2 is 1.88 bits per heavy atom. The molecule has 0 atom stereocenters. The lowest BCUT2D eigenvalue weighted by Crippen LogP contribution is -2.21. The third kappa shape index (κ3) is 4.09. The Morgan fingerprint density at radius 1 is 1.16 bits per heavy atom. The minimum atomic E-state index is -0.530. The van der Waals surface area contributed by atoms with Crippen molar-refractivity contribution in [1.82, 2.24) is 0 Å². The van der Waals surface area contributed by atoms with Crippen molar-refractivity contribution >= 4 is 33.5 Å². The molecule has 0 saturated heterocycles. The smallest absolute Gasteiger partial charge is 0.348 e. The first-order chi connectivity index (χ1) is 12.1. The van der Waals surface area contributed by atoms with Gasteiger partial charge in [-0.3, -0.25) is 4.79 Å². The lowest BCUT2D eigenvalue weighted by Gasteiger charge is -2.21. The largest absolute Gasteiger partial charge is 0.422 e. The highest BCUT2D eigenvalue weighted by Crippen LogP contribution is 2.30. The third-order valence-corrected chi connectivity index (χ3v) is 6.13. The quantitative estimate of drug-likeness (QED) is 0.715. The van der Waals surface area contributed by atoms with Crippen LogP contribution in [0.2, 0.25) is 0 Å². The average Bonchev–Trinajstić information content (AvgIpc) is 2.63. The molecular weight excluding hydrogens is 334 g/mol. The van der Waals surface area contributed by atoms with Gasteiger partial charge in [-0.2, -0.15) is 0 Å². The van der Waals surface area contributed by atoms with Gasteiger partial charge in [0.15, 0.2) is 0 Å². The van der Waals surface area contributed by atoms with Crippen LogP contribution in [0.5, 0.6) is 0 Å². The van der Waals surface area contributed by atoms with Crippen molar-refractivity contribution in [2.75, 3.05) is 18.0 Å². The number of hydrogen-bond acceptors (Lipinski definition) is 5. The van der Waals surface area contributed by atoms with Gasteiger partial charge >= 0.3 is 5.63 Å². The standard InChI is InChI=1S/C20H25NO3S/c1-3-21(4-2)15-11-10-14-12-17(19(22)24-18(14)13-15)20(23)25-16-8-6-5-7-9-16/h10-13,16H,3-9H2,1-2H3. The van der Waals surface area contributed by atoms with Gasteiger partial charge in [0.1, 0.15) is 11.1 Å². The topological polar surface area (TPSA) is 50.5 Å². The number of carbonyl (C=O) groups excluding carboxylic acids is 1. The lowest BCUT2D eigenvalue weighted by molar-refractivity contribution is 0.108. The zero-order valence-electron chi connectivity index (χ0n) is 14.9. The van der Waals surface area contributed by atoms with Crippen LogP contribution in [0.25, 0.3) is 11.0 Å². The predicted octanol–water partition coefficient (Wildman–Crippen LogP) is 4.85. The van der Waals surface area contributed by atoms with Crippen LogP contribution in [0.1, 0.15) is 56.3 Å². The number of nitrogens with zero attached hydrogens (tertiary/aromatic N) is 1. The number of rotatable bonds is 5. The first kappa shape index (κ1) is 18.1.